The maximum atomic E-state index is 13.2. The van der Waals surface area contributed by atoms with Crippen LogP contribution in [0, 0.1) is 12.7 Å². The predicted molar refractivity (Wildman–Crippen MR) is 114 cm³/mol. The average molecular weight is 419 g/mol. The Hall–Kier alpha value is -3.62. The van der Waals surface area contributed by atoms with Crippen molar-refractivity contribution in [3.8, 4) is 17.3 Å². The van der Waals surface area contributed by atoms with Gasteiger partial charge in [-0.2, -0.15) is 4.98 Å². The first-order valence-electron chi connectivity index (χ1n) is 10.3. The SMILES string of the molecule is CCn1c(-c2cnc(C)nc2)nc2c(OC3CCN(c4ccc(F)cc4)C3)ncnc21. The molecule has 4 heterocycles. The lowest BCUT2D eigenvalue weighted by Gasteiger charge is -2.18. The van der Waals surface area contributed by atoms with Gasteiger partial charge in [-0.05, 0) is 38.1 Å². The van der Waals surface area contributed by atoms with Crippen molar-refractivity contribution in [2.75, 3.05) is 18.0 Å². The van der Waals surface area contributed by atoms with Crippen molar-refractivity contribution < 1.29 is 9.13 Å². The number of ether oxygens (including phenoxy) is 1. The standard InChI is InChI=1S/C22H22FN7O/c1-3-30-20(15-10-24-14(2)25-11-15)28-19-21(30)26-13-27-22(19)31-18-8-9-29(12-18)17-6-4-16(23)5-7-17/h4-7,10-11,13,18H,3,8-9,12H2,1-2H3. The fraction of sp³-hybridized carbons (Fsp3) is 0.318. The fourth-order valence-corrected chi connectivity index (χ4v) is 3.90. The van der Waals surface area contributed by atoms with Crippen LogP contribution < -0.4 is 9.64 Å². The maximum Gasteiger partial charge on any atom is 0.245 e. The first kappa shape index (κ1) is 19.3. The molecule has 158 valence electrons. The summed E-state index contributed by atoms with van der Waals surface area (Å²) in [5.74, 6) is 1.68. The Kier molecular flexibility index (Phi) is 4.93. The van der Waals surface area contributed by atoms with Gasteiger partial charge < -0.3 is 14.2 Å². The third-order valence-corrected chi connectivity index (χ3v) is 5.47. The highest BCUT2D eigenvalue weighted by molar-refractivity contribution is 5.81. The molecule has 9 heteroatoms. The highest BCUT2D eigenvalue weighted by Crippen LogP contribution is 2.29. The van der Waals surface area contributed by atoms with Crippen molar-refractivity contribution in [3.63, 3.8) is 0 Å². The number of halogens is 1. The van der Waals surface area contributed by atoms with E-state index in [0.717, 1.165) is 35.7 Å². The van der Waals surface area contributed by atoms with Crippen LogP contribution in [0.2, 0.25) is 0 Å². The highest BCUT2D eigenvalue weighted by atomic mass is 19.1. The van der Waals surface area contributed by atoms with E-state index in [1.54, 1.807) is 24.5 Å². The van der Waals surface area contributed by atoms with E-state index in [0.29, 0.717) is 30.3 Å². The Balaban J connectivity index is 1.43. The molecule has 5 rings (SSSR count). The molecule has 0 N–H and O–H groups in total. The zero-order valence-corrected chi connectivity index (χ0v) is 17.4. The summed E-state index contributed by atoms with van der Waals surface area (Å²) in [7, 11) is 0. The zero-order valence-electron chi connectivity index (χ0n) is 17.4. The molecule has 0 amide bonds. The van der Waals surface area contributed by atoms with Gasteiger partial charge in [-0.3, -0.25) is 0 Å². The first-order chi connectivity index (χ1) is 15.1. The highest BCUT2D eigenvalue weighted by Gasteiger charge is 2.26. The molecule has 0 radical (unpaired) electrons. The summed E-state index contributed by atoms with van der Waals surface area (Å²) in [5.41, 5.74) is 3.15. The van der Waals surface area contributed by atoms with Gasteiger partial charge in [-0.1, -0.05) is 0 Å². The summed E-state index contributed by atoms with van der Waals surface area (Å²) in [6.07, 6.45) is 5.84. The van der Waals surface area contributed by atoms with Crippen molar-refractivity contribution in [1.82, 2.24) is 29.5 Å². The molecule has 0 bridgehead atoms. The molecule has 0 spiro atoms. The van der Waals surface area contributed by atoms with Gasteiger partial charge in [0.2, 0.25) is 5.88 Å². The smallest absolute Gasteiger partial charge is 0.245 e. The number of anilines is 1. The largest absolute Gasteiger partial charge is 0.471 e. The molecule has 1 aliphatic rings. The Morgan fingerprint density at radius 3 is 2.61 bits per heavy atom. The number of aromatic nitrogens is 6. The second kappa shape index (κ2) is 7.90. The molecule has 0 aliphatic carbocycles. The number of benzene rings is 1. The van der Waals surface area contributed by atoms with Crippen molar-refractivity contribution in [3.05, 3.63) is 54.6 Å². The van der Waals surface area contributed by atoms with E-state index in [4.69, 9.17) is 9.72 Å². The maximum absolute atomic E-state index is 13.2. The van der Waals surface area contributed by atoms with Crippen LogP contribution in [-0.4, -0.2) is 48.7 Å². The van der Waals surface area contributed by atoms with Crippen LogP contribution in [0.5, 0.6) is 5.88 Å². The average Bonchev–Trinajstić information content (AvgIpc) is 3.40. The number of fused-ring (bicyclic) bond motifs is 1. The minimum atomic E-state index is -0.236. The summed E-state index contributed by atoms with van der Waals surface area (Å²) in [4.78, 5) is 24.4. The second-order valence-corrected chi connectivity index (χ2v) is 7.50. The van der Waals surface area contributed by atoms with Gasteiger partial charge in [0, 0.05) is 37.6 Å². The predicted octanol–water partition coefficient (Wildman–Crippen LogP) is 3.41. The van der Waals surface area contributed by atoms with Crippen LogP contribution in [0.4, 0.5) is 10.1 Å². The lowest BCUT2D eigenvalue weighted by atomic mass is 10.3. The van der Waals surface area contributed by atoms with Crippen LogP contribution >= 0.6 is 0 Å². The number of nitrogens with zero attached hydrogens (tertiary/aromatic N) is 7. The molecule has 31 heavy (non-hydrogen) atoms. The molecular formula is C22H22FN7O. The molecule has 0 saturated carbocycles. The Morgan fingerprint density at radius 2 is 1.87 bits per heavy atom. The van der Waals surface area contributed by atoms with E-state index in [1.807, 2.05) is 18.4 Å². The van der Waals surface area contributed by atoms with Crippen LogP contribution in [0.15, 0.2) is 43.0 Å². The van der Waals surface area contributed by atoms with Gasteiger partial charge in [-0.15, -0.1) is 0 Å². The number of aryl methyl sites for hydroxylation is 2. The minimum Gasteiger partial charge on any atom is -0.471 e. The van der Waals surface area contributed by atoms with Crippen molar-refractivity contribution >= 4 is 16.9 Å². The summed E-state index contributed by atoms with van der Waals surface area (Å²) < 4.78 is 21.5. The Labute approximate surface area is 178 Å². The molecule has 1 aliphatic heterocycles. The zero-order chi connectivity index (χ0) is 21.4. The first-order valence-corrected chi connectivity index (χ1v) is 10.3. The van der Waals surface area contributed by atoms with Crippen molar-refractivity contribution in [1.29, 1.82) is 0 Å². The number of hydrogen-bond acceptors (Lipinski definition) is 7. The van der Waals surface area contributed by atoms with E-state index >= 15 is 0 Å². The molecule has 1 fully saturated rings. The van der Waals surface area contributed by atoms with Gasteiger partial charge in [0.15, 0.2) is 11.2 Å². The van der Waals surface area contributed by atoms with Gasteiger partial charge in [0.25, 0.3) is 0 Å². The summed E-state index contributed by atoms with van der Waals surface area (Å²) in [5, 5.41) is 0. The van der Waals surface area contributed by atoms with Crippen LogP contribution in [0.25, 0.3) is 22.6 Å². The quantitative estimate of drug-likeness (QED) is 0.490. The Bertz CT molecular complexity index is 1210. The summed E-state index contributed by atoms with van der Waals surface area (Å²) in [6.45, 7) is 6.11. The van der Waals surface area contributed by atoms with Gasteiger partial charge in [-0.25, -0.2) is 24.3 Å². The van der Waals surface area contributed by atoms with E-state index in [2.05, 4.69) is 24.8 Å². The van der Waals surface area contributed by atoms with Crippen LogP contribution in [0.3, 0.4) is 0 Å². The van der Waals surface area contributed by atoms with Gasteiger partial charge in [0.05, 0.1) is 12.1 Å². The van der Waals surface area contributed by atoms with Gasteiger partial charge >= 0.3 is 0 Å². The topological polar surface area (TPSA) is 81.9 Å². The lowest BCUT2D eigenvalue weighted by molar-refractivity contribution is 0.218. The summed E-state index contributed by atoms with van der Waals surface area (Å²) >= 11 is 0. The molecule has 1 saturated heterocycles. The van der Waals surface area contributed by atoms with Crippen molar-refractivity contribution in [2.24, 2.45) is 0 Å². The molecule has 1 atom stereocenters. The number of imidazole rings is 1. The molecular weight excluding hydrogens is 397 g/mol. The second-order valence-electron chi connectivity index (χ2n) is 7.50. The lowest BCUT2D eigenvalue weighted by Crippen LogP contribution is -2.24. The minimum absolute atomic E-state index is 0.0407. The van der Waals surface area contributed by atoms with Crippen molar-refractivity contribution in [2.45, 2.75) is 32.9 Å². The van der Waals surface area contributed by atoms with Crippen LogP contribution in [0.1, 0.15) is 19.2 Å². The molecule has 1 aromatic carbocycles. The van der Waals surface area contributed by atoms with E-state index in [9.17, 15) is 4.39 Å². The Morgan fingerprint density at radius 1 is 1.10 bits per heavy atom. The number of hydrogen-bond donors (Lipinski definition) is 0. The third kappa shape index (κ3) is 3.67. The molecule has 1 unspecified atom stereocenters. The van der Waals surface area contributed by atoms with Gasteiger partial charge in [0.1, 0.15) is 29.9 Å². The van der Waals surface area contributed by atoms with E-state index in [1.165, 1.54) is 18.5 Å². The molecule has 8 nitrogen and oxygen atoms in total. The molecule has 4 aromatic rings. The fourth-order valence-electron chi connectivity index (χ4n) is 3.90. The summed E-state index contributed by atoms with van der Waals surface area (Å²) in [6, 6.07) is 6.54. The third-order valence-electron chi connectivity index (χ3n) is 5.47. The normalized spacial score (nSPS) is 16.2. The monoisotopic (exact) mass is 419 g/mol. The van der Waals surface area contributed by atoms with E-state index < -0.39 is 0 Å². The van der Waals surface area contributed by atoms with E-state index in [-0.39, 0.29) is 11.9 Å². The van der Waals surface area contributed by atoms with Crippen LogP contribution in [-0.2, 0) is 6.54 Å². The molecule has 3 aromatic heterocycles. The number of rotatable bonds is 5.